The normalized spacial score (nSPS) is 14.5. The molecule has 68 valence electrons. The number of hydrogen-bond donors (Lipinski definition) is 1. The quantitative estimate of drug-likeness (QED) is 0.471. The third-order valence-electron chi connectivity index (χ3n) is 1.64. The first-order valence-corrected chi connectivity index (χ1v) is 5.17. The van der Waals surface area contributed by atoms with E-state index in [1.54, 1.807) is 0 Å². The molecule has 0 radical (unpaired) electrons. The second kappa shape index (κ2) is 6.20. The Bertz CT molecular complexity index is 96.1. The van der Waals surface area contributed by atoms with Crippen LogP contribution in [0.2, 0.25) is 0 Å². The summed E-state index contributed by atoms with van der Waals surface area (Å²) in [6.07, 6.45) is 1.46. The number of rotatable bonds is 5. The van der Waals surface area contributed by atoms with E-state index in [9.17, 15) is 0 Å². The van der Waals surface area contributed by atoms with Crippen LogP contribution in [0.25, 0.3) is 0 Å². The Balaban J connectivity index is 3.69. The van der Waals surface area contributed by atoms with Crippen molar-refractivity contribution >= 4 is 22.9 Å². The van der Waals surface area contributed by atoms with Crippen molar-refractivity contribution in [3.05, 3.63) is 0 Å². The summed E-state index contributed by atoms with van der Waals surface area (Å²) in [6.45, 7) is 8.79. The van der Waals surface area contributed by atoms with Crippen molar-refractivity contribution in [3.63, 3.8) is 0 Å². The Morgan fingerprint density at radius 1 is 1.27 bits per heavy atom. The van der Waals surface area contributed by atoms with Crippen LogP contribution < -0.4 is 3.69 Å². The molecule has 0 aliphatic rings. The van der Waals surface area contributed by atoms with Crippen molar-refractivity contribution in [2.45, 2.75) is 40.2 Å². The van der Waals surface area contributed by atoms with Gasteiger partial charge in [-0.15, -0.1) is 3.69 Å². The first-order valence-electron chi connectivity index (χ1n) is 4.09. The SMILES string of the molecule is CC(C)CC(ONI)C(C)C. The van der Waals surface area contributed by atoms with Crippen LogP contribution in [0.4, 0.5) is 0 Å². The molecule has 0 aromatic carbocycles. The fourth-order valence-corrected chi connectivity index (χ4v) is 1.30. The highest BCUT2D eigenvalue weighted by molar-refractivity contribution is 14.1. The number of nitrogens with one attached hydrogen (secondary N) is 1. The molecule has 0 heterocycles. The summed E-state index contributed by atoms with van der Waals surface area (Å²) >= 11 is 2.01. The number of hydrogen-bond acceptors (Lipinski definition) is 2. The molecule has 0 spiro atoms. The molecule has 2 nitrogen and oxygen atoms in total. The zero-order valence-electron chi connectivity index (χ0n) is 7.73. The molecule has 0 aliphatic heterocycles. The molecule has 0 aromatic heterocycles. The monoisotopic (exact) mass is 271 g/mol. The van der Waals surface area contributed by atoms with Gasteiger partial charge in [-0.1, -0.05) is 27.7 Å². The van der Waals surface area contributed by atoms with Gasteiger partial charge in [-0.3, -0.25) is 4.84 Å². The van der Waals surface area contributed by atoms with Crippen molar-refractivity contribution in [2.75, 3.05) is 0 Å². The highest BCUT2D eigenvalue weighted by Gasteiger charge is 2.15. The molecule has 3 heteroatoms. The summed E-state index contributed by atoms with van der Waals surface area (Å²) in [5.74, 6) is 1.28. The summed E-state index contributed by atoms with van der Waals surface area (Å²) < 4.78 is 2.72. The molecule has 0 saturated heterocycles. The predicted octanol–water partition coefficient (Wildman–Crippen LogP) is 2.93. The second-order valence-electron chi connectivity index (χ2n) is 3.61. The largest absolute Gasteiger partial charge is 0.288 e. The molecule has 1 N–H and O–H groups in total. The van der Waals surface area contributed by atoms with E-state index in [0.29, 0.717) is 17.9 Å². The fraction of sp³-hybridized carbons (Fsp3) is 1.00. The van der Waals surface area contributed by atoms with E-state index in [1.807, 2.05) is 22.9 Å². The topological polar surface area (TPSA) is 21.3 Å². The lowest BCUT2D eigenvalue weighted by Crippen LogP contribution is -2.25. The van der Waals surface area contributed by atoms with Crippen LogP contribution in [0.3, 0.4) is 0 Å². The van der Waals surface area contributed by atoms with E-state index < -0.39 is 0 Å². The van der Waals surface area contributed by atoms with Gasteiger partial charge in [0.1, 0.15) is 0 Å². The maximum Gasteiger partial charge on any atom is 0.0825 e. The Labute approximate surface area is 83.5 Å². The van der Waals surface area contributed by atoms with Crippen LogP contribution >= 0.6 is 22.9 Å². The summed E-state index contributed by atoms with van der Waals surface area (Å²) in [5, 5.41) is 0. The van der Waals surface area contributed by atoms with Crippen LogP contribution in [0, 0.1) is 11.8 Å². The van der Waals surface area contributed by atoms with Crippen LogP contribution in [-0.4, -0.2) is 6.10 Å². The first kappa shape index (κ1) is 11.6. The summed E-state index contributed by atoms with van der Waals surface area (Å²) in [7, 11) is 0. The minimum atomic E-state index is 0.340. The van der Waals surface area contributed by atoms with Crippen molar-refractivity contribution in [2.24, 2.45) is 11.8 Å². The smallest absolute Gasteiger partial charge is 0.0825 e. The average Bonchev–Trinajstić information content (AvgIpc) is 1.86. The minimum absolute atomic E-state index is 0.340. The van der Waals surface area contributed by atoms with Gasteiger partial charge in [0.15, 0.2) is 0 Å². The maximum atomic E-state index is 5.35. The Morgan fingerprint density at radius 2 is 1.82 bits per heavy atom. The predicted molar refractivity (Wildman–Crippen MR) is 56.3 cm³/mol. The lowest BCUT2D eigenvalue weighted by atomic mass is 9.97. The zero-order chi connectivity index (χ0) is 8.85. The van der Waals surface area contributed by atoms with Gasteiger partial charge in [-0.05, 0) is 18.3 Å². The van der Waals surface area contributed by atoms with Gasteiger partial charge in [0, 0.05) is 22.9 Å². The molecule has 11 heavy (non-hydrogen) atoms. The lowest BCUT2D eigenvalue weighted by molar-refractivity contribution is -0.00915. The molecule has 0 bridgehead atoms. The van der Waals surface area contributed by atoms with Crippen molar-refractivity contribution in [1.82, 2.24) is 3.69 Å². The van der Waals surface area contributed by atoms with Gasteiger partial charge in [0.25, 0.3) is 0 Å². The van der Waals surface area contributed by atoms with E-state index in [0.717, 1.165) is 6.42 Å². The van der Waals surface area contributed by atoms with Crippen LogP contribution in [0.1, 0.15) is 34.1 Å². The van der Waals surface area contributed by atoms with Crippen LogP contribution in [-0.2, 0) is 4.84 Å². The molecule has 0 amide bonds. The van der Waals surface area contributed by atoms with Gasteiger partial charge in [-0.2, -0.15) is 0 Å². The highest BCUT2D eigenvalue weighted by atomic mass is 127. The maximum absolute atomic E-state index is 5.35. The summed E-state index contributed by atoms with van der Waals surface area (Å²) in [6, 6.07) is 0. The van der Waals surface area contributed by atoms with E-state index in [1.165, 1.54) is 0 Å². The van der Waals surface area contributed by atoms with Gasteiger partial charge < -0.3 is 0 Å². The molecular weight excluding hydrogens is 253 g/mol. The molecular formula is C8H18INO. The van der Waals surface area contributed by atoms with Gasteiger partial charge in [-0.25, -0.2) is 0 Å². The lowest BCUT2D eigenvalue weighted by Gasteiger charge is -2.21. The van der Waals surface area contributed by atoms with E-state index in [4.69, 9.17) is 4.84 Å². The first-order chi connectivity index (χ1) is 5.07. The van der Waals surface area contributed by atoms with Gasteiger partial charge >= 0.3 is 0 Å². The molecule has 1 unspecified atom stereocenters. The molecule has 0 saturated carbocycles. The van der Waals surface area contributed by atoms with Gasteiger partial charge in [0.05, 0.1) is 6.10 Å². The van der Waals surface area contributed by atoms with E-state index >= 15 is 0 Å². The summed E-state index contributed by atoms with van der Waals surface area (Å²) in [5.41, 5.74) is 0. The number of halogens is 1. The van der Waals surface area contributed by atoms with Gasteiger partial charge in [0.2, 0.25) is 0 Å². The van der Waals surface area contributed by atoms with E-state index in [2.05, 4.69) is 31.4 Å². The third kappa shape index (κ3) is 5.87. The second-order valence-corrected chi connectivity index (χ2v) is 4.05. The molecule has 1 atom stereocenters. The highest BCUT2D eigenvalue weighted by Crippen LogP contribution is 2.15. The Hall–Kier alpha value is 0.650. The Kier molecular flexibility index (Phi) is 6.56. The molecule has 0 aliphatic carbocycles. The van der Waals surface area contributed by atoms with E-state index in [-0.39, 0.29) is 0 Å². The van der Waals surface area contributed by atoms with Crippen LogP contribution in [0.5, 0.6) is 0 Å². The molecule has 0 rings (SSSR count). The average molecular weight is 271 g/mol. The summed E-state index contributed by atoms with van der Waals surface area (Å²) in [4.78, 5) is 5.35. The fourth-order valence-electron chi connectivity index (χ4n) is 0.978. The van der Waals surface area contributed by atoms with Crippen molar-refractivity contribution in [3.8, 4) is 0 Å². The zero-order valence-corrected chi connectivity index (χ0v) is 9.88. The van der Waals surface area contributed by atoms with Crippen molar-refractivity contribution in [1.29, 1.82) is 0 Å². The minimum Gasteiger partial charge on any atom is -0.288 e. The third-order valence-corrected chi connectivity index (χ3v) is 1.90. The van der Waals surface area contributed by atoms with Crippen molar-refractivity contribution < 1.29 is 4.84 Å². The molecule has 0 fully saturated rings. The molecule has 0 aromatic rings. The standard InChI is InChI=1S/C8H18INO/c1-6(2)5-8(7(3)4)11-10-9/h6-8,10H,5H2,1-4H3. The Morgan fingerprint density at radius 3 is 2.09 bits per heavy atom. The van der Waals surface area contributed by atoms with Crippen LogP contribution in [0.15, 0.2) is 0 Å².